The van der Waals surface area contributed by atoms with E-state index in [1.165, 1.54) is 24.3 Å². The zero-order valence-corrected chi connectivity index (χ0v) is 10.2. The van der Waals surface area contributed by atoms with Gasteiger partial charge in [0.25, 0.3) is 0 Å². The topological polar surface area (TPSA) is 60.2 Å². The van der Waals surface area contributed by atoms with Crippen LogP contribution < -0.4 is 5.14 Å². The molecular weight excluding hydrogens is 279 g/mol. The highest BCUT2D eigenvalue weighted by Gasteiger charge is 2.25. The van der Waals surface area contributed by atoms with Gasteiger partial charge in [-0.2, -0.15) is 0 Å². The van der Waals surface area contributed by atoms with Gasteiger partial charge in [0.1, 0.15) is 4.90 Å². The molecule has 0 amide bonds. The average Bonchev–Trinajstić information content (AvgIpc) is 2.34. The van der Waals surface area contributed by atoms with Crippen molar-refractivity contribution < 1.29 is 21.6 Å². The van der Waals surface area contributed by atoms with E-state index in [1.807, 2.05) is 0 Å². The van der Waals surface area contributed by atoms with Crippen LogP contribution in [0.15, 0.2) is 41.3 Å². The number of halogens is 3. The van der Waals surface area contributed by atoms with E-state index in [-0.39, 0.29) is 11.6 Å². The van der Waals surface area contributed by atoms with E-state index in [4.69, 9.17) is 5.14 Å². The maximum absolute atomic E-state index is 14.0. The Bertz CT molecular complexity index is 730. The molecular formula is C12H8F3NO2S. The van der Waals surface area contributed by atoms with E-state index in [9.17, 15) is 21.6 Å². The Morgan fingerprint density at radius 3 is 2.05 bits per heavy atom. The van der Waals surface area contributed by atoms with Crippen molar-refractivity contribution in [1.29, 1.82) is 0 Å². The van der Waals surface area contributed by atoms with Crippen molar-refractivity contribution in [2.75, 3.05) is 0 Å². The lowest BCUT2D eigenvalue weighted by Gasteiger charge is -2.09. The first-order valence-electron chi connectivity index (χ1n) is 5.08. The maximum atomic E-state index is 14.0. The van der Waals surface area contributed by atoms with E-state index >= 15 is 0 Å². The third kappa shape index (κ3) is 2.47. The fourth-order valence-electron chi connectivity index (χ4n) is 1.65. The quantitative estimate of drug-likeness (QED) is 0.862. The predicted octanol–water partition coefficient (Wildman–Crippen LogP) is 2.42. The highest BCUT2D eigenvalue weighted by atomic mass is 32.2. The molecule has 0 aliphatic heterocycles. The van der Waals surface area contributed by atoms with Crippen molar-refractivity contribution in [3.8, 4) is 11.1 Å². The van der Waals surface area contributed by atoms with E-state index < -0.39 is 37.9 Å². The number of benzene rings is 2. The summed E-state index contributed by atoms with van der Waals surface area (Å²) in [4.78, 5) is -1.08. The molecule has 19 heavy (non-hydrogen) atoms. The molecule has 0 fully saturated rings. The van der Waals surface area contributed by atoms with Crippen LogP contribution in [0.3, 0.4) is 0 Å². The summed E-state index contributed by atoms with van der Waals surface area (Å²) in [6.45, 7) is 0. The van der Waals surface area contributed by atoms with Crippen LogP contribution in [0, 0.1) is 17.5 Å². The van der Waals surface area contributed by atoms with Crippen LogP contribution in [0.5, 0.6) is 0 Å². The van der Waals surface area contributed by atoms with Crippen LogP contribution >= 0.6 is 0 Å². The molecule has 0 spiro atoms. The van der Waals surface area contributed by atoms with Gasteiger partial charge in [0.05, 0.1) is 5.56 Å². The molecule has 2 N–H and O–H groups in total. The minimum Gasteiger partial charge on any atom is -0.225 e. The summed E-state index contributed by atoms with van der Waals surface area (Å²) in [5, 5.41) is 4.77. The van der Waals surface area contributed by atoms with Crippen molar-refractivity contribution in [2.45, 2.75) is 4.90 Å². The number of hydrogen-bond acceptors (Lipinski definition) is 2. The lowest BCUT2D eigenvalue weighted by atomic mass is 10.0. The highest BCUT2D eigenvalue weighted by molar-refractivity contribution is 7.89. The molecule has 3 nitrogen and oxygen atoms in total. The second-order valence-electron chi connectivity index (χ2n) is 3.77. The Morgan fingerprint density at radius 2 is 1.53 bits per heavy atom. The molecule has 0 saturated heterocycles. The van der Waals surface area contributed by atoms with Crippen molar-refractivity contribution in [2.24, 2.45) is 5.14 Å². The van der Waals surface area contributed by atoms with Crippen LogP contribution in [0.4, 0.5) is 13.2 Å². The van der Waals surface area contributed by atoms with E-state index in [1.54, 1.807) is 6.07 Å². The van der Waals surface area contributed by atoms with Gasteiger partial charge in [-0.25, -0.2) is 26.7 Å². The van der Waals surface area contributed by atoms with Crippen molar-refractivity contribution in [3.05, 3.63) is 53.8 Å². The molecule has 0 aromatic heterocycles. The van der Waals surface area contributed by atoms with Gasteiger partial charge in [-0.1, -0.05) is 30.3 Å². The summed E-state index contributed by atoms with van der Waals surface area (Å²) in [5.41, 5.74) is -0.744. The smallest absolute Gasteiger partial charge is 0.225 e. The van der Waals surface area contributed by atoms with Crippen LogP contribution in [-0.2, 0) is 10.0 Å². The third-order valence-electron chi connectivity index (χ3n) is 2.49. The molecule has 100 valence electrons. The predicted molar refractivity (Wildman–Crippen MR) is 63.1 cm³/mol. The van der Waals surface area contributed by atoms with Crippen molar-refractivity contribution >= 4 is 10.0 Å². The lowest BCUT2D eigenvalue weighted by Crippen LogP contribution is -2.16. The number of primary sulfonamides is 1. The fourth-order valence-corrected chi connectivity index (χ4v) is 2.27. The zero-order chi connectivity index (χ0) is 14.2. The highest BCUT2D eigenvalue weighted by Crippen LogP contribution is 2.31. The van der Waals surface area contributed by atoms with Crippen LogP contribution in [-0.4, -0.2) is 8.42 Å². The molecule has 2 rings (SSSR count). The second kappa shape index (κ2) is 4.67. The van der Waals surface area contributed by atoms with Gasteiger partial charge in [0, 0.05) is 0 Å². The minimum atomic E-state index is -4.48. The van der Waals surface area contributed by atoms with Gasteiger partial charge in [-0.05, 0) is 11.6 Å². The van der Waals surface area contributed by atoms with Crippen LogP contribution in [0.2, 0.25) is 0 Å². The SMILES string of the molecule is NS(=O)(=O)c1cc(F)c(F)c(-c2ccccc2)c1F. The lowest BCUT2D eigenvalue weighted by molar-refractivity contribution is 0.487. The fraction of sp³-hybridized carbons (Fsp3) is 0. The number of hydrogen-bond donors (Lipinski definition) is 1. The zero-order valence-electron chi connectivity index (χ0n) is 9.40. The second-order valence-corrected chi connectivity index (χ2v) is 5.30. The molecule has 0 heterocycles. The van der Waals surface area contributed by atoms with E-state index in [0.29, 0.717) is 0 Å². The number of rotatable bonds is 2. The van der Waals surface area contributed by atoms with Gasteiger partial charge >= 0.3 is 0 Å². The summed E-state index contributed by atoms with van der Waals surface area (Å²) < 4.78 is 63.4. The molecule has 7 heteroatoms. The Labute approximate surface area is 107 Å². The van der Waals surface area contributed by atoms with Gasteiger partial charge in [0.15, 0.2) is 17.5 Å². The monoisotopic (exact) mass is 287 g/mol. The molecule has 0 radical (unpaired) electrons. The molecule has 0 saturated carbocycles. The van der Waals surface area contributed by atoms with Gasteiger partial charge < -0.3 is 0 Å². The molecule has 0 aliphatic rings. The van der Waals surface area contributed by atoms with Gasteiger partial charge in [0.2, 0.25) is 10.0 Å². The Kier molecular flexibility index (Phi) is 3.34. The normalized spacial score (nSPS) is 11.6. The van der Waals surface area contributed by atoms with Crippen LogP contribution in [0.1, 0.15) is 0 Å². The Balaban J connectivity index is 2.85. The first-order valence-corrected chi connectivity index (χ1v) is 6.62. The van der Waals surface area contributed by atoms with Crippen molar-refractivity contribution in [1.82, 2.24) is 0 Å². The van der Waals surface area contributed by atoms with E-state index in [0.717, 1.165) is 0 Å². The first-order chi connectivity index (χ1) is 8.82. The molecule has 0 bridgehead atoms. The first kappa shape index (κ1) is 13.6. The molecule has 0 unspecified atom stereocenters. The maximum Gasteiger partial charge on any atom is 0.241 e. The summed E-state index contributed by atoms with van der Waals surface area (Å²) in [7, 11) is -4.48. The van der Waals surface area contributed by atoms with Gasteiger partial charge in [-0.15, -0.1) is 0 Å². The summed E-state index contributed by atoms with van der Waals surface area (Å²) >= 11 is 0. The van der Waals surface area contributed by atoms with Crippen LogP contribution in [0.25, 0.3) is 11.1 Å². The summed E-state index contributed by atoms with van der Waals surface area (Å²) in [6, 6.07) is 7.44. The summed E-state index contributed by atoms with van der Waals surface area (Å²) in [6.07, 6.45) is 0. The molecule has 0 atom stereocenters. The Morgan fingerprint density at radius 1 is 0.947 bits per heavy atom. The van der Waals surface area contributed by atoms with E-state index in [2.05, 4.69) is 0 Å². The molecule has 0 aliphatic carbocycles. The standard InChI is InChI=1S/C12H8F3NO2S/c13-8-6-9(19(16,17)18)12(15)10(11(8)14)7-4-2-1-3-5-7/h1-6H,(H2,16,17,18). The Hall–Kier alpha value is -1.86. The van der Waals surface area contributed by atoms with Gasteiger partial charge in [-0.3, -0.25) is 0 Å². The number of nitrogens with two attached hydrogens (primary N) is 1. The third-order valence-corrected chi connectivity index (χ3v) is 3.40. The minimum absolute atomic E-state index is 0.0156. The largest absolute Gasteiger partial charge is 0.241 e. The molecule has 2 aromatic rings. The van der Waals surface area contributed by atoms with Crippen molar-refractivity contribution in [3.63, 3.8) is 0 Å². The number of sulfonamides is 1. The molecule has 2 aromatic carbocycles. The summed E-state index contributed by atoms with van der Waals surface area (Å²) in [5.74, 6) is -4.35. The average molecular weight is 287 g/mol.